The third kappa shape index (κ3) is 3.74. The molecule has 0 heterocycles. The predicted octanol–water partition coefficient (Wildman–Crippen LogP) is 3.82. The summed E-state index contributed by atoms with van der Waals surface area (Å²) in [6.07, 6.45) is 0. The second-order valence-corrected chi connectivity index (χ2v) is 5.42. The van der Waals surface area contributed by atoms with E-state index in [0.29, 0.717) is 17.7 Å². The van der Waals surface area contributed by atoms with E-state index in [9.17, 15) is 5.11 Å². The number of nitrogens with zero attached hydrogens (tertiary/aromatic N) is 1. The highest BCUT2D eigenvalue weighted by Gasteiger charge is 2.21. The van der Waals surface area contributed by atoms with Gasteiger partial charge in [0.1, 0.15) is 5.75 Å². The van der Waals surface area contributed by atoms with Crippen molar-refractivity contribution in [1.29, 1.82) is 0 Å². The maximum atomic E-state index is 9.92. The van der Waals surface area contributed by atoms with Crippen LogP contribution in [0.25, 0.3) is 0 Å². The summed E-state index contributed by atoms with van der Waals surface area (Å²) >= 11 is 0. The molecule has 0 fully saturated rings. The van der Waals surface area contributed by atoms with Crippen LogP contribution in [0.3, 0.4) is 0 Å². The van der Waals surface area contributed by atoms with Gasteiger partial charge in [0, 0.05) is 24.2 Å². The summed E-state index contributed by atoms with van der Waals surface area (Å²) in [5.74, 6) is 1.03. The Labute approximate surface area is 105 Å². The number of hydrogen-bond acceptors (Lipinski definition) is 2. The Balaban J connectivity index is 2.92. The monoisotopic (exact) mass is 235 g/mol. The number of phenolic OH excluding ortho intramolecular Hbond substituents is 1. The number of para-hydroxylation sites is 1. The van der Waals surface area contributed by atoms with E-state index in [-0.39, 0.29) is 6.04 Å². The van der Waals surface area contributed by atoms with Crippen molar-refractivity contribution in [2.24, 2.45) is 5.92 Å². The van der Waals surface area contributed by atoms with E-state index >= 15 is 0 Å². The molecule has 0 aliphatic heterocycles. The van der Waals surface area contributed by atoms with Crippen LogP contribution in [0.1, 0.15) is 46.2 Å². The molecule has 0 saturated carbocycles. The Morgan fingerprint density at radius 1 is 1.06 bits per heavy atom. The smallest absolute Gasteiger partial charge is 0.120 e. The first-order chi connectivity index (χ1) is 7.93. The van der Waals surface area contributed by atoms with Crippen LogP contribution in [-0.2, 0) is 0 Å². The van der Waals surface area contributed by atoms with E-state index < -0.39 is 0 Å². The topological polar surface area (TPSA) is 23.5 Å². The summed E-state index contributed by atoms with van der Waals surface area (Å²) < 4.78 is 0. The molecule has 1 aromatic carbocycles. The first kappa shape index (κ1) is 14.0. The lowest BCUT2D eigenvalue weighted by Gasteiger charge is -2.34. The predicted molar refractivity (Wildman–Crippen MR) is 73.2 cm³/mol. The van der Waals surface area contributed by atoms with Crippen LogP contribution >= 0.6 is 0 Å². The van der Waals surface area contributed by atoms with Crippen LogP contribution in [0.4, 0.5) is 0 Å². The third-order valence-electron chi connectivity index (χ3n) is 3.12. The third-order valence-corrected chi connectivity index (χ3v) is 3.12. The summed E-state index contributed by atoms with van der Waals surface area (Å²) in [7, 11) is 0. The number of rotatable bonds is 5. The van der Waals surface area contributed by atoms with E-state index in [2.05, 4.69) is 39.5 Å². The van der Waals surface area contributed by atoms with Gasteiger partial charge in [-0.15, -0.1) is 0 Å². The number of aromatic hydroxyl groups is 1. The van der Waals surface area contributed by atoms with E-state index in [1.54, 1.807) is 6.07 Å². The summed E-state index contributed by atoms with van der Waals surface area (Å²) in [5.41, 5.74) is 1.02. The lowest BCUT2D eigenvalue weighted by Crippen LogP contribution is -2.36. The van der Waals surface area contributed by atoms with Crippen molar-refractivity contribution in [2.75, 3.05) is 6.54 Å². The minimum atomic E-state index is 0.249. The first-order valence-corrected chi connectivity index (χ1v) is 6.47. The van der Waals surface area contributed by atoms with Crippen LogP contribution in [0, 0.1) is 5.92 Å². The van der Waals surface area contributed by atoms with Crippen LogP contribution in [-0.4, -0.2) is 22.6 Å². The van der Waals surface area contributed by atoms with Crippen LogP contribution in [0.15, 0.2) is 24.3 Å². The van der Waals surface area contributed by atoms with Gasteiger partial charge in [-0.05, 0) is 32.8 Å². The van der Waals surface area contributed by atoms with Gasteiger partial charge in [-0.2, -0.15) is 0 Å². The zero-order valence-electron chi connectivity index (χ0n) is 11.6. The molecule has 0 aromatic heterocycles. The quantitative estimate of drug-likeness (QED) is 0.838. The molecule has 1 unspecified atom stereocenters. The molecule has 1 N–H and O–H groups in total. The van der Waals surface area contributed by atoms with Gasteiger partial charge in [-0.25, -0.2) is 0 Å². The summed E-state index contributed by atoms with van der Waals surface area (Å²) in [6.45, 7) is 12.1. The molecule has 0 amide bonds. The number of phenols is 1. The molecule has 1 aromatic rings. The van der Waals surface area contributed by atoms with Gasteiger partial charge in [0.25, 0.3) is 0 Å². The molecule has 2 heteroatoms. The molecular formula is C15H25NO. The fourth-order valence-electron chi connectivity index (χ4n) is 2.26. The molecule has 0 bridgehead atoms. The normalized spacial score (nSPS) is 13.6. The molecule has 0 aliphatic rings. The van der Waals surface area contributed by atoms with Crippen molar-refractivity contribution >= 4 is 0 Å². The number of hydrogen-bond donors (Lipinski definition) is 1. The Morgan fingerprint density at radius 2 is 1.65 bits per heavy atom. The standard InChI is InChI=1S/C15H25NO/c1-11(2)10-16(12(3)4)13(5)14-8-6-7-9-15(14)17/h6-9,11-13,17H,10H2,1-5H3. The Bertz CT molecular complexity index is 347. The maximum absolute atomic E-state index is 9.92. The molecular weight excluding hydrogens is 210 g/mol. The van der Waals surface area contributed by atoms with Gasteiger partial charge in [0.15, 0.2) is 0 Å². The largest absolute Gasteiger partial charge is 0.508 e. The minimum Gasteiger partial charge on any atom is -0.508 e. The first-order valence-electron chi connectivity index (χ1n) is 6.47. The highest BCUT2D eigenvalue weighted by atomic mass is 16.3. The average Bonchev–Trinajstić information content (AvgIpc) is 2.25. The second-order valence-electron chi connectivity index (χ2n) is 5.42. The molecule has 96 valence electrons. The van der Waals surface area contributed by atoms with Crippen LogP contribution < -0.4 is 0 Å². The van der Waals surface area contributed by atoms with Crippen molar-refractivity contribution in [2.45, 2.75) is 46.7 Å². The summed E-state index contributed by atoms with van der Waals surface area (Å²) in [6, 6.07) is 8.35. The van der Waals surface area contributed by atoms with Gasteiger partial charge in [0.05, 0.1) is 0 Å². The Morgan fingerprint density at radius 3 is 2.12 bits per heavy atom. The summed E-state index contributed by atoms with van der Waals surface area (Å²) in [5, 5.41) is 9.92. The molecule has 0 aliphatic carbocycles. The Hall–Kier alpha value is -1.02. The Kier molecular flexibility index (Phi) is 5.01. The van der Waals surface area contributed by atoms with Gasteiger partial charge >= 0.3 is 0 Å². The SMILES string of the molecule is CC(C)CN(C(C)C)C(C)c1ccccc1O. The molecule has 2 nitrogen and oxygen atoms in total. The fourth-order valence-corrected chi connectivity index (χ4v) is 2.26. The van der Waals surface area contributed by atoms with E-state index in [1.807, 2.05) is 18.2 Å². The van der Waals surface area contributed by atoms with Crippen molar-refractivity contribution < 1.29 is 5.11 Å². The maximum Gasteiger partial charge on any atom is 0.120 e. The zero-order chi connectivity index (χ0) is 13.0. The molecule has 17 heavy (non-hydrogen) atoms. The van der Waals surface area contributed by atoms with Crippen LogP contribution in [0.2, 0.25) is 0 Å². The molecule has 0 saturated heterocycles. The average molecular weight is 235 g/mol. The van der Waals surface area contributed by atoms with Crippen molar-refractivity contribution in [1.82, 2.24) is 4.90 Å². The van der Waals surface area contributed by atoms with Gasteiger partial charge < -0.3 is 5.11 Å². The summed E-state index contributed by atoms with van der Waals surface area (Å²) in [4.78, 5) is 2.43. The second kappa shape index (κ2) is 6.06. The van der Waals surface area contributed by atoms with Crippen molar-refractivity contribution in [3.63, 3.8) is 0 Å². The molecule has 1 rings (SSSR count). The van der Waals surface area contributed by atoms with E-state index in [0.717, 1.165) is 12.1 Å². The molecule has 0 radical (unpaired) electrons. The minimum absolute atomic E-state index is 0.249. The zero-order valence-corrected chi connectivity index (χ0v) is 11.6. The van der Waals surface area contributed by atoms with E-state index in [1.165, 1.54) is 0 Å². The van der Waals surface area contributed by atoms with Crippen molar-refractivity contribution in [3.05, 3.63) is 29.8 Å². The van der Waals surface area contributed by atoms with Gasteiger partial charge in [-0.1, -0.05) is 32.0 Å². The van der Waals surface area contributed by atoms with Gasteiger partial charge in [-0.3, -0.25) is 4.90 Å². The fraction of sp³-hybridized carbons (Fsp3) is 0.600. The number of benzene rings is 1. The molecule has 0 spiro atoms. The van der Waals surface area contributed by atoms with Crippen molar-refractivity contribution in [3.8, 4) is 5.75 Å². The highest BCUT2D eigenvalue weighted by Crippen LogP contribution is 2.29. The lowest BCUT2D eigenvalue weighted by molar-refractivity contribution is 0.143. The molecule has 1 atom stereocenters. The lowest BCUT2D eigenvalue weighted by atomic mass is 10.0. The van der Waals surface area contributed by atoms with E-state index in [4.69, 9.17) is 0 Å². The highest BCUT2D eigenvalue weighted by molar-refractivity contribution is 5.34. The van der Waals surface area contributed by atoms with Crippen LogP contribution in [0.5, 0.6) is 5.75 Å². The van der Waals surface area contributed by atoms with Gasteiger partial charge in [0.2, 0.25) is 0 Å².